The molecule has 2 aromatic rings. The van der Waals surface area contributed by atoms with Gasteiger partial charge in [-0.05, 0) is 6.07 Å². The number of aromatic hydroxyl groups is 1. The third-order valence-corrected chi connectivity index (χ3v) is 2.23. The average Bonchev–Trinajstić information content (AvgIpc) is 2.45. The SMILES string of the molecule is O=c1c(O)c(-c2ccccc2F)c(=O)c1=O. The van der Waals surface area contributed by atoms with Gasteiger partial charge in [0.25, 0.3) is 10.9 Å². The first-order chi connectivity index (χ1) is 7.54. The van der Waals surface area contributed by atoms with E-state index in [1.807, 2.05) is 0 Å². The molecule has 0 saturated heterocycles. The normalized spacial score (nSPS) is 10.6. The standard InChI is InChI=1S/C11H5FO4/c12-6-4-2-1-3-5(6)7-8(13)10(15)11(16)9(7)14/h1-4,13H. The molecule has 0 aliphatic carbocycles. The number of rotatable bonds is 1. The van der Waals surface area contributed by atoms with Crippen molar-refractivity contribution in [2.45, 2.75) is 0 Å². The second-order valence-electron chi connectivity index (χ2n) is 3.19. The zero-order chi connectivity index (χ0) is 11.9. The fourth-order valence-electron chi connectivity index (χ4n) is 1.46. The lowest BCUT2D eigenvalue weighted by Crippen LogP contribution is -2.29. The average molecular weight is 220 g/mol. The lowest BCUT2D eigenvalue weighted by atomic mass is 10.1. The molecule has 0 aliphatic rings. The van der Waals surface area contributed by atoms with Gasteiger partial charge < -0.3 is 5.11 Å². The highest BCUT2D eigenvalue weighted by Crippen LogP contribution is 2.24. The summed E-state index contributed by atoms with van der Waals surface area (Å²) in [7, 11) is 0. The molecule has 2 aromatic carbocycles. The van der Waals surface area contributed by atoms with E-state index in [1.165, 1.54) is 18.2 Å². The Kier molecular flexibility index (Phi) is 2.16. The number of benzene rings is 1. The van der Waals surface area contributed by atoms with Crippen LogP contribution in [0.5, 0.6) is 5.75 Å². The molecule has 16 heavy (non-hydrogen) atoms. The van der Waals surface area contributed by atoms with Crippen molar-refractivity contribution in [2.24, 2.45) is 0 Å². The van der Waals surface area contributed by atoms with Crippen molar-refractivity contribution >= 4 is 0 Å². The smallest absolute Gasteiger partial charge is 0.277 e. The number of halogens is 1. The summed E-state index contributed by atoms with van der Waals surface area (Å²) in [5.74, 6) is -1.76. The van der Waals surface area contributed by atoms with E-state index in [2.05, 4.69) is 0 Å². The molecule has 0 heterocycles. The van der Waals surface area contributed by atoms with E-state index < -0.39 is 33.4 Å². The third-order valence-electron chi connectivity index (χ3n) is 2.23. The molecule has 80 valence electrons. The molecule has 2 rings (SSSR count). The van der Waals surface area contributed by atoms with E-state index in [1.54, 1.807) is 0 Å². The summed E-state index contributed by atoms with van der Waals surface area (Å²) < 4.78 is 13.3. The van der Waals surface area contributed by atoms with Gasteiger partial charge in [-0.3, -0.25) is 14.4 Å². The van der Waals surface area contributed by atoms with E-state index >= 15 is 0 Å². The second kappa shape index (κ2) is 3.37. The minimum absolute atomic E-state index is 0.246. The van der Waals surface area contributed by atoms with Gasteiger partial charge in [-0.25, -0.2) is 4.39 Å². The van der Waals surface area contributed by atoms with E-state index in [0.717, 1.165) is 6.07 Å². The van der Waals surface area contributed by atoms with Crippen molar-refractivity contribution in [3.63, 3.8) is 0 Å². The minimum atomic E-state index is -1.34. The Hall–Kier alpha value is -2.30. The highest BCUT2D eigenvalue weighted by Gasteiger charge is 2.22. The molecular weight excluding hydrogens is 215 g/mol. The fraction of sp³-hybridized carbons (Fsp3) is 0. The Bertz CT molecular complexity index is 696. The molecule has 0 radical (unpaired) electrons. The van der Waals surface area contributed by atoms with Crippen LogP contribution in [0.25, 0.3) is 11.1 Å². The Balaban J connectivity index is 2.92. The van der Waals surface area contributed by atoms with Crippen LogP contribution in [0.2, 0.25) is 0 Å². The lowest BCUT2D eigenvalue weighted by Gasteiger charge is -1.98. The molecule has 0 atom stereocenters. The van der Waals surface area contributed by atoms with Gasteiger partial charge in [0.1, 0.15) is 5.82 Å². The molecule has 0 amide bonds. The molecule has 0 aromatic heterocycles. The first-order valence-electron chi connectivity index (χ1n) is 4.35. The summed E-state index contributed by atoms with van der Waals surface area (Å²) in [5.41, 5.74) is -4.61. The van der Waals surface area contributed by atoms with Crippen LogP contribution in [0.15, 0.2) is 38.6 Å². The van der Waals surface area contributed by atoms with Crippen molar-refractivity contribution in [1.29, 1.82) is 0 Å². The maximum Gasteiger partial charge on any atom is 0.277 e. The molecule has 0 spiro atoms. The van der Waals surface area contributed by atoms with Gasteiger partial charge in [0.15, 0.2) is 5.75 Å². The van der Waals surface area contributed by atoms with Crippen LogP contribution < -0.4 is 16.3 Å². The van der Waals surface area contributed by atoms with Crippen LogP contribution in [-0.2, 0) is 0 Å². The van der Waals surface area contributed by atoms with Crippen LogP contribution in [0.3, 0.4) is 0 Å². The third kappa shape index (κ3) is 1.25. The predicted molar refractivity (Wildman–Crippen MR) is 54.7 cm³/mol. The first-order valence-corrected chi connectivity index (χ1v) is 4.35. The second-order valence-corrected chi connectivity index (χ2v) is 3.19. The summed E-state index contributed by atoms with van der Waals surface area (Å²) in [6.45, 7) is 0. The summed E-state index contributed by atoms with van der Waals surface area (Å²) in [6.07, 6.45) is 0. The summed E-state index contributed by atoms with van der Waals surface area (Å²) in [6, 6.07) is 5.10. The molecule has 0 saturated carbocycles. The Labute approximate surface area is 87.9 Å². The van der Waals surface area contributed by atoms with Gasteiger partial charge in [-0.1, -0.05) is 18.2 Å². The maximum atomic E-state index is 13.3. The van der Waals surface area contributed by atoms with E-state index in [-0.39, 0.29) is 5.56 Å². The van der Waals surface area contributed by atoms with Crippen molar-refractivity contribution in [3.05, 3.63) is 60.8 Å². The zero-order valence-electron chi connectivity index (χ0n) is 7.86. The molecule has 4 nitrogen and oxygen atoms in total. The predicted octanol–water partition coefficient (Wildman–Crippen LogP) is 0.154. The minimum Gasteiger partial charge on any atom is -0.503 e. The topological polar surface area (TPSA) is 71.4 Å². The lowest BCUT2D eigenvalue weighted by molar-refractivity contribution is 0.473. The van der Waals surface area contributed by atoms with Gasteiger partial charge in [-0.2, -0.15) is 0 Å². The fourth-order valence-corrected chi connectivity index (χ4v) is 1.46. The monoisotopic (exact) mass is 220 g/mol. The number of hydrogen-bond acceptors (Lipinski definition) is 4. The Morgan fingerprint density at radius 3 is 2.06 bits per heavy atom. The Morgan fingerprint density at radius 2 is 1.56 bits per heavy atom. The Morgan fingerprint density at radius 1 is 0.938 bits per heavy atom. The summed E-state index contributed by atoms with van der Waals surface area (Å²) >= 11 is 0. The molecular formula is C11H5FO4. The van der Waals surface area contributed by atoms with Crippen LogP contribution in [0, 0.1) is 5.82 Å². The van der Waals surface area contributed by atoms with Crippen LogP contribution >= 0.6 is 0 Å². The molecule has 5 heteroatoms. The van der Waals surface area contributed by atoms with Crippen molar-refractivity contribution in [2.75, 3.05) is 0 Å². The largest absolute Gasteiger partial charge is 0.503 e. The van der Waals surface area contributed by atoms with Crippen LogP contribution in [-0.4, -0.2) is 5.11 Å². The highest BCUT2D eigenvalue weighted by atomic mass is 19.1. The van der Waals surface area contributed by atoms with E-state index in [9.17, 15) is 23.9 Å². The van der Waals surface area contributed by atoms with Crippen molar-refractivity contribution < 1.29 is 9.50 Å². The van der Waals surface area contributed by atoms with Gasteiger partial charge in [0, 0.05) is 5.56 Å². The quantitative estimate of drug-likeness (QED) is 0.694. The van der Waals surface area contributed by atoms with E-state index in [0.29, 0.717) is 0 Å². The summed E-state index contributed by atoms with van der Waals surface area (Å²) in [5, 5.41) is 9.30. The zero-order valence-corrected chi connectivity index (χ0v) is 7.86. The van der Waals surface area contributed by atoms with Gasteiger partial charge in [0.2, 0.25) is 5.43 Å². The van der Waals surface area contributed by atoms with Crippen molar-refractivity contribution in [1.82, 2.24) is 0 Å². The summed E-state index contributed by atoms with van der Waals surface area (Å²) in [4.78, 5) is 33.3. The van der Waals surface area contributed by atoms with E-state index in [4.69, 9.17) is 0 Å². The molecule has 0 unspecified atom stereocenters. The first kappa shape index (κ1) is 10.2. The van der Waals surface area contributed by atoms with Crippen LogP contribution in [0.1, 0.15) is 0 Å². The maximum absolute atomic E-state index is 13.3. The molecule has 1 N–H and O–H groups in total. The number of hydrogen-bond donors (Lipinski definition) is 1. The van der Waals surface area contributed by atoms with Gasteiger partial charge >= 0.3 is 0 Å². The van der Waals surface area contributed by atoms with Gasteiger partial charge in [0.05, 0.1) is 5.56 Å². The van der Waals surface area contributed by atoms with Gasteiger partial charge in [-0.15, -0.1) is 0 Å². The highest BCUT2D eigenvalue weighted by molar-refractivity contribution is 5.71. The molecule has 0 fully saturated rings. The molecule has 0 bridgehead atoms. The van der Waals surface area contributed by atoms with Crippen LogP contribution in [0.4, 0.5) is 4.39 Å². The molecule has 0 aliphatic heterocycles. The van der Waals surface area contributed by atoms with Crippen molar-refractivity contribution in [3.8, 4) is 16.9 Å².